The molecule has 1 unspecified atom stereocenters. The van der Waals surface area contributed by atoms with Gasteiger partial charge in [-0.1, -0.05) is 11.6 Å². The number of likely N-dealkylation sites (tertiary alicyclic amines) is 1. The Morgan fingerprint density at radius 2 is 2.17 bits per heavy atom. The van der Waals surface area contributed by atoms with Crippen LogP contribution in [0.2, 0.25) is 5.02 Å². The Kier molecular flexibility index (Phi) is 7.55. The Bertz CT molecular complexity index is 923. The van der Waals surface area contributed by atoms with E-state index < -0.39 is 0 Å². The van der Waals surface area contributed by atoms with Gasteiger partial charge in [0, 0.05) is 24.8 Å². The Labute approximate surface area is 188 Å². The number of nitrogens with one attached hydrogen (secondary N) is 1. The van der Waals surface area contributed by atoms with E-state index in [0.717, 1.165) is 6.42 Å². The number of ether oxygens (including phenoxy) is 2. The molecule has 1 aromatic carbocycles. The lowest BCUT2D eigenvalue weighted by molar-refractivity contribution is -0.121. The van der Waals surface area contributed by atoms with Gasteiger partial charge >= 0.3 is 0 Å². The second kappa shape index (κ2) is 10.1. The van der Waals surface area contributed by atoms with E-state index >= 15 is 0 Å². The molecule has 1 saturated heterocycles. The third-order valence-electron chi connectivity index (χ3n) is 4.82. The minimum Gasteiger partial charge on any atom is -0.493 e. The maximum Gasteiger partial charge on any atom is 0.254 e. The first kappa shape index (κ1) is 22.4. The Hall–Kier alpha value is -2.32. The van der Waals surface area contributed by atoms with Crippen molar-refractivity contribution in [2.75, 3.05) is 32.1 Å². The van der Waals surface area contributed by atoms with E-state index in [1.807, 2.05) is 6.92 Å². The van der Waals surface area contributed by atoms with E-state index in [1.54, 1.807) is 29.2 Å². The molecule has 0 saturated carbocycles. The Balaban J connectivity index is 1.71. The molecule has 1 N–H and O–H groups in total. The number of benzene rings is 1. The summed E-state index contributed by atoms with van der Waals surface area (Å²) in [6.07, 6.45) is 2.93. The average molecular weight is 497 g/mol. The van der Waals surface area contributed by atoms with Gasteiger partial charge in [0.1, 0.15) is 5.82 Å². The molecule has 160 valence electrons. The normalized spacial score (nSPS) is 16.1. The molecular weight excluding hydrogens is 474 g/mol. The van der Waals surface area contributed by atoms with Gasteiger partial charge in [-0.15, -0.1) is 0 Å². The predicted octanol–water partition coefficient (Wildman–Crippen LogP) is 4.40. The number of piperidine rings is 1. The SMILES string of the molecule is CCOc1c(Br)cc(C(=O)N2CCCC(C(=O)Nc3ccc(Cl)cn3)C2)cc1OC. The van der Waals surface area contributed by atoms with E-state index in [0.29, 0.717) is 58.5 Å². The number of hydrogen-bond acceptors (Lipinski definition) is 5. The largest absolute Gasteiger partial charge is 0.493 e. The van der Waals surface area contributed by atoms with Crippen LogP contribution < -0.4 is 14.8 Å². The second-order valence-corrected chi connectivity index (χ2v) is 8.15. The van der Waals surface area contributed by atoms with Crippen molar-refractivity contribution in [3.63, 3.8) is 0 Å². The molecule has 1 aliphatic heterocycles. The summed E-state index contributed by atoms with van der Waals surface area (Å²) in [4.78, 5) is 31.6. The average Bonchev–Trinajstić information content (AvgIpc) is 2.76. The number of nitrogens with zero attached hydrogens (tertiary/aromatic N) is 2. The fourth-order valence-corrected chi connectivity index (χ4v) is 4.03. The molecule has 0 radical (unpaired) electrons. The summed E-state index contributed by atoms with van der Waals surface area (Å²) in [5.41, 5.74) is 0.475. The molecule has 2 amide bonds. The lowest BCUT2D eigenvalue weighted by atomic mass is 9.96. The summed E-state index contributed by atoms with van der Waals surface area (Å²) in [6.45, 7) is 3.29. The highest BCUT2D eigenvalue weighted by Crippen LogP contribution is 2.37. The van der Waals surface area contributed by atoms with Crippen LogP contribution in [0.25, 0.3) is 0 Å². The van der Waals surface area contributed by atoms with Gasteiger partial charge in [0.2, 0.25) is 5.91 Å². The second-order valence-electron chi connectivity index (χ2n) is 6.86. The third kappa shape index (κ3) is 5.23. The summed E-state index contributed by atoms with van der Waals surface area (Å²) in [7, 11) is 1.53. The van der Waals surface area contributed by atoms with E-state index in [2.05, 4.69) is 26.2 Å². The van der Waals surface area contributed by atoms with Crippen LogP contribution in [-0.2, 0) is 4.79 Å². The van der Waals surface area contributed by atoms with Crippen molar-refractivity contribution >= 4 is 45.2 Å². The molecule has 1 aliphatic rings. The first-order chi connectivity index (χ1) is 14.4. The summed E-state index contributed by atoms with van der Waals surface area (Å²) < 4.78 is 11.6. The van der Waals surface area contributed by atoms with Crippen molar-refractivity contribution in [1.82, 2.24) is 9.88 Å². The van der Waals surface area contributed by atoms with Gasteiger partial charge in [-0.25, -0.2) is 4.98 Å². The van der Waals surface area contributed by atoms with Crippen molar-refractivity contribution in [2.24, 2.45) is 5.92 Å². The number of aromatic nitrogens is 1. The fraction of sp³-hybridized carbons (Fsp3) is 0.381. The molecule has 1 aromatic heterocycles. The number of methoxy groups -OCH3 is 1. The highest BCUT2D eigenvalue weighted by molar-refractivity contribution is 9.10. The number of amides is 2. The molecule has 9 heteroatoms. The maximum atomic E-state index is 13.1. The van der Waals surface area contributed by atoms with Gasteiger partial charge in [0.15, 0.2) is 11.5 Å². The molecule has 1 atom stereocenters. The third-order valence-corrected chi connectivity index (χ3v) is 5.64. The zero-order chi connectivity index (χ0) is 21.7. The summed E-state index contributed by atoms with van der Waals surface area (Å²) in [5, 5.41) is 3.30. The van der Waals surface area contributed by atoms with Gasteiger partial charge < -0.3 is 19.7 Å². The molecule has 30 heavy (non-hydrogen) atoms. The van der Waals surface area contributed by atoms with Crippen LogP contribution in [0.4, 0.5) is 5.82 Å². The van der Waals surface area contributed by atoms with Gasteiger partial charge in [-0.05, 0) is 60.0 Å². The molecular formula is C21H23BrClN3O4. The lowest BCUT2D eigenvalue weighted by Crippen LogP contribution is -2.43. The number of hydrogen-bond donors (Lipinski definition) is 1. The topological polar surface area (TPSA) is 80.8 Å². The smallest absolute Gasteiger partial charge is 0.254 e. The van der Waals surface area contributed by atoms with Crippen LogP contribution in [0.5, 0.6) is 11.5 Å². The van der Waals surface area contributed by atoms with Crippen LogP contribution in [0, 0.1) is 5.92 Å². The highest BCUT2D eigenvalue weighted by Gasteiger charge is 2.30. The summed E-state index contributed by atoms with van der Waals surface area (Å²) in [6, 6.07) is 6.70. The van der Waals surface area contributed by atoms with Gasteiger partial charge in [0.05, 0.1) is 29.1 Å². The van der Waals surface area contributed by atoms with Crippen molar-refractivity contribution in [1.29, 1.82) is 0 Å². The minimum absolute atomic E-state index is 0.154. The van der Waals surface area contributed by atoms with Crippen molar-refractivity contribution < 1.29 is 19.1 Å². The van der Waals surface area contributed by atoms with Crippen molar-refractivity contribution in [3.8, 4) is 11.5 Å². The molecule has 0 bridgehead atoms. The van der Waals surface area contributed by atoms with E-state index in [-0.39, 0.29) is 17.7 Å². The number of pyridine rings is 1. The molecule has 0 spiro atoms. The molecule has 3 rings (SSSR count). The number of rotatable bonds is 6. The fourth-order valence-electron chi connectivity index (χ4n) is 3.36. The predicted molar refractivity (Wildman–Crippen MR) is 118 cm³/mol. The van der Waals surface area contributed by atoms with Crippen molar-refractivity contribution in [2.45, 2.75) is 19.8 Å². The van der Waals surface area contributed by atoms with Gasteiger partial charge in [0.25, 0.3) is 5.91 Å². The Morgan fingerprint density at radius 1 is 1.37 bits per heavy atom. The highest BCUT2D eigenvalue weighted by atomic mass is 79.9. The standard InChI is InChI=1S/C21H23BrClN3O4/c1-3-30-19-16(22)9-14(10-17(19)29-2)21(28)26-8-4-5-13(12-26)20(27)25-18-7-6-15(23)11-24-18/h6-7,9-11,13H,3-5,8,12H2,1-2H3,(H,24,25,27). The minimum atomic E-state index is -0.312. The molecule has 1 fully saturated rings. The van der Waals surface area contributed by atoms with Crippen LogP contribution in [0.15, 0.2) is 34.9 Å². The zero-order valence-corrected chi connectivity index (χ0v) is 19.1. The lowest BCUT2D eigenvalue weighted by Gasteiger charge is -2.32. The van der Waals surface area contributed by atoms with Gasteiger partial charge in [-0.2, -0.15) is 0 Å². The zero-order valence-electron chi connectivity index (χ0n) is 16.8. The van der Waals surface area contributed by atoms with Crippen LogP contribution in [-0.4, -0.2) is 48.5 Å². The summed E-state index contributed by atoms with van der Waals surface area (Å²) >= 11 is 9.28. The maximum absolute atomic E-state index is 13.1. The van der Waals surface area contributed by atoms with Crippen molar-refractivity contribution in [3.05, 3.63) is 45.5 Å². The van der Waals surface area contributed by atoms with Crippen LogP contribution in [0.1, 0.15) is 30.1 Å². The summed E-state index contributed by atoms with van der Waals surface area (Å²) in [5.74, 6) is 0.853. The molecule has 7 nitrogen and oxygen atoms in total. The molecule has 2 aromatic rings. The first-order valence-electron chi connectivity index (χ1n) is 9.65. The number of halogens is 2. The van der Waals surface area contributed by atoms with E-state index in [9.17, 15) is 9.59 Å². The molecule has 0 aliphatic carbocycles. The Morgan fingerprint density at radius 3 is 2.83 bits per heavy atom. The quantitative estimate of drug-likeness (QED) is 0.641. The van der Waals surface area contributed by atoms with E-state index in [1.165, 1.54) is 13.3 Å². The first-order valence-corrected chi connectivity index (χ1v) is 10.8. The van der Waals surface area contributed by atoms with E-state index in [4.69, 9.17) is 21.1 Å². The van der Waals surface area contributed by atoms with Gasteiger partial charge in [-0.3, -0.25) is 9.59 Å². The monoisotopic (exact) mass is 495 g/mol. The number of carbonyl (C=O) groups excluding carboxylic acids is 2. The molecule has 2 heterocycles. The number of carbonyl (C=O) groups is 2. The number of anilines is 1. The van der Waals surface area contributed by atoms with Crippen LogP contribution in [0.3, 0.4) is 0 Å². The van der Waals surface area contributed by atoms with Crippen LogP contribution >= 0.6 is 27.5 Å².